The van der Waals surface area contributed by atoms with Gasteiger partial charge in [-0.05, 0) is 55.8 Å². The third kappa shape index (κ3) is 6.64. The number of aryl methyl sites for hydroxylation is 1. The zero-order chi connectivity index (χ0) is 27.2. The summed E-state index contributed by atoms with van der Waals surface area (Å²) >= 11 is 8.61. The summed E-state index contributed by atoms with van der Waals surface area (Å²) in [6, 6.07) is 21.8. The molecule has 4 rings (SSSR count). The van der Waals surface area contributed by atoms with Gasteiger partial charge in [-0.3, -0.25) is 9.59 Å². The number of hydrogen-bond acceptors (Lipinski definition) is 6. The molecule has 2 N–H and O–H groups in total. The molecule has 0 fully saturated rings. The van der Waals surface area contributed by atoms with Crippen LogP contribution in [0, 0.1) is 6.92 Å². The van der Waals surface area contributed by atoms with Crippen LogP contribution in [-0.2, 0) is 9.53 Å². The molecule has 0 bridgehead atoms. The van der Waals surface area contributed by atoms with Gasteiger partial charge in [0.15, 0.2) is 0 Å². The average Bonchev–Trinajstić information content (AvgIpc) is 3.32. The van der Waals surface area contributed by atoms with Gasteiger partial charge < -0.3 is 15.4 Å². The SMILES string of the molecule is COC(=O)c1c(-c2ccc(C)cc2)csc1NC(=O)C(C)Sc1cccc(NC(=O)c2cccc(Cl)c2)c1. The van der Waals surface area contributed by atoms with Crippen molar-refractivity contribution in [2.75, 3.05) is 17.7 Å². The van der Waals surface area contributed by atoms with Crippen molar-refractivity contribution in [3.8, 4) is 11.1 Å². The van der Waals surface area contributed by atoms with Crippen LogP contribution in [0.15, 0.2) is 83.1 Å². The summed E-state index contributed by atoms with van der Waals surface area (Å²) in [5.41, 5.74) is 4.06. The lowest BCUT2D eigenvalue weighted by molar-refractivity contribution is -0.115. The van der Waals surface area contributed by atoms with Crippen molar-refractivity contribution in [1.82, 2.24) is 0 Å². The van der Waals surface area contributed by atoms with Gasteiger partial charge in [-0.1, -0.05) is 53.6 Å². The van der Waals surface area contributed by atoms with Gasteiger partial charge in [-0.25, -0.2) is 4.79 Å². The number of thiophene rings is 1. The van der Waals surface area contributed by atoms with E-state index in [1.54, 1.807) is 43.3 Å². The van der Waals surface area contributed by atoms with E-state index in [2.05, 4.69) is 10.6 Å². The summed E-state index contributed by atoms with van der Waals surface area (Å²) in [6.45, 7) is 3.77. The number of hydrogen-bond donors (Lipinski definition) is 2. The van der Waals surface area contributed by atoms with Gasteiger partial charge in [0.2, 0.25) is 5.91 Å². The standard InChI is InChI=1S/C29H25ClN2O4S2/c1-17-10-12-19(13-11-17)24-16-37-28(25(24)29(35)36-3)32-26(33)18(2)38-23-9-5-8-22(15-23)31-27(34)20-6-4-7-21(30)14-20/h4-16,18H,1-3H3,(H,31,34)(H,32,33). The van der Waals surface area contributed by atoms with E-state index in [0.717, 1.165) is 16.0 Å². The number of rotatable bonds is 8. The summed E-state index contributed by atoms with van der Waals surface area (Å²) in [5.74, 6) is -1.05. The molecule has 0 aliphatic rings. The van der Waals surface area contributed by atoms with E-state index in [9.17, 15) is 14.4 Å². The molecule has 194 valence electrons. The molecule has 3 aromatic carbocycles. The van der Waals surface area contributed by atoms with Crippen molar-refractivity contribution in [2.45, 2.75) is 24.0 Å². The second-order valence-corrected chi connectivity index (χ2v) is 11.2. The Labute approximate surface area is 234 Å². The van der Waals surface area contributed by atoms with Gasteiger partial charge >= 0.3 is 5.97 Å². The van der Waals surface area contributed by atoms with E-state index >= 15 is 0 Å². The van der Waals surface area contributed by atoms with Crippen LogP contribution in [0.2, 0.25) is 5.02 Å². The first-order valence-corrected chi connectivity index (χ1v) is 13.8. The molecule has 0 aliphatic heterocycles. The Kier molecular flexibility index (Phi) is 8.89. The Morgan fingerprint density at radius 1 is 0.974 bits per heavy atom. The second kappa shape index (κ2) is 12.3. The number of ether oxygens (including phenoxy) is 1. The molecule has 0 saturated carbocycles. The van der Waals surface area contributed by atoms with Crippen molar-refractivity contribution < 1.29 is 19.1 Å². The fourth-order valence-corrected chi connectivity index (χ4v) is 5.73. The van der Waals surface area contributed by atoms with Gasteiger partial charge in [-0.15, -0.1) is 23.1 Å². The average molecular weight is 565 g/mol. The maximum absolute atomic E-state index is 13.1. The van der Waals surface area contributed by atoms with Gasteiger partial charge in [0.1, 0.15) is 10.6 Å². The van der Waals surface area contributed by atoms with Crippen molar-refractivity contribution in [2.24, 2.45) is 0 Å². The highest BCUT2D eigenvalue weighted by molar-refractivity contribution is 8.00. The first-order chi connectivity index (χ1) is 18.2. The first kappa shape index (κ1) is 27.4. The van der Waals surface area contributed by atoms with Crippen molar-refractivity contribution in [3.05, 3.63) is 99.9 Å². The number of esters is 1. The number of carbonyl (C=O) groups is 3. The minimum Gasteiger partial charge on any atom is -0.465 e. The maximum Gasteiger partial charge on any atom is 0.341 e. The lowest BCUT2D eigenvalue weighted by Gasteiger charge is -2.13. The van der Waals surface area contributed by atoms with Crippen LogP contribution in [0.3, 0.4) is 0 Å². The van der Waals surface area contributed by atoms with E-state index < -0.39 is 11.2 Å². The molecule has 9 heteroatoms. The summed E-state index contributed by atoms with van der Waals surface area (Å²) in [4.78, 5) is 39.1. The Hall–Kier alpha value is -3.59. The Morgan fingerprint density at radius 3 is 2.42 bits per heavy atom. The molecular weight excluding hydrogens is 540 g/mol. The largest absolute Gasteiger partial charge is 0.465 e. The van der Waals surface area contributed by atoms with E-state index in [1.165, 1.54) is 30.2 Å². The fourth-order valence-electron chi connectivity index (χ4n) is 3.65. The van der Waals surface area contributed by atoms with Crippen molar-refractivity contribution in [1.29, 1.82) is 0 Å². The number of halogens is 1. The van der Waals surface area contributed by atoms with Crippen LogP contribution in [0.5, 0.6) is 0 Å². The molecule has 0 aliphatic carbocycles. The van der Waals surface area contributed by atoms with Crippen LogP contribution in [-0.4, -0.2) is 30.1 Å². The molecule has 1 unspecified atom stereocenters. The van der Waals surface area contributed by atoms with Gasteiger partial charge in [-0.2, -0.15) is 0 Å². The molecule has 0 spiro atoms. The van der Waals surface area contributed by atoms with Crippen molar-refractivity contribution in [3.63, 3.8) is 0 Å². The predicted molar refractivity (Wildman–Crippen MR) is 156 cm³/mol. The molecule has 4 aromatic rings. The maximum atomic E-state index is 13.1. The molecule has 6 nitrogen and oxygen atoms in total. The van der Waals surface area contributed by atoms with Crippen LogP contribution >= 0.6 is 34.7 Å². The van der Waals surface area contributed by atoms with Crippen LogP contribution < -0.4 is 10.6 Å². The minimum atomic E-state index is -0.513. The summed E-state index contributed by atoms with van der Waals surface area (Å²) in [7, 11) is 1.32. The molecule has 1 atom stereocenters. The Bertz CT molecular complexity index is 1480. The van der Waals surface area contributed by atoms with Crippen molar-refractivity contribution >= 4 is 63.2 Å². The first-order valence-electron chi connectivity index (χ1n) is 11.7. The van der Waals surface area contributed by atoms with Crippen LogP contribution in [0.1, 0.15) is 33.2 Å². The Morgan fingerprint density at radius 2 is 1.71 bits per heavy atom. The lowest BCUT2D eigenvalue weighted by atomic mass is 10.0. The summed E-state index contributed by atoms with van der Waals surface area (Å²) in [6.07, 6.45) is 0. The molecular formula is C29H25ClN2O4S2. The summed E-state index contributed by atoms with van der Waals surface area (Å²) < 4.78 is 5.01. The number of amides is 2. The minimum absolute atomic E-state index is 0.258. The zero-order valence-electron chi connectivity index (χ0n) is 20.9. The number of thioether (sulfide) groups is 1. The topological polar surface area (TPSA) is 84.5 Å². The van der Waals surface area contributed by atoms with Gasteiger partial charge in [0.05, 0.1) is 12.4 Å². The molecule has 1 heterocycles. The van der Waals surface area contributed by atoms with E-state index in [0.29, 0.717) is 32.4 Å². The third-order valence-corrected chi connectivity index (χ3v) is 7.86. The quantitative estimate of drug-likeness (QED) is 0.171. The monoisotopic (exact) mass is 564 g/mol. The number of carbonyl (C=O) groups excluding carboxylic acids is 3. The summed E-state index contributed by atoms with van der Waals surface area (Å²) in [5, 5.41) is 8.03. The number of benzene rings is 3. The smallest absolute Gasteiger partial charge is 0.341 e. The zero-order valence-corrected chi connectivity index (χ0v) is 23.3. The molecule has 0 saturated heterocycles. The van der Waals surface area contributed by atoms with Crippen LogP contribution in [0.25, 0.3) is 11.1 Å². The van der Waals surface area contributed by atoms with E-state index in [-0.39, 0.29) is 11.8 Å². The number of anilines is 2. The van der Waals surface area contributed by atoms with Gasteiger partial charge in [0, 0.05) is 32.1 Å². The van der Waals surface area contributed by atoms with E-state index in [1.807, 2.05) is 48.7 Å². The number of methoxy groups -OCH3 is 1. The highest BCUT2D eigenvalue weighted by Gasteiger charge is 2.24. The fraction of sp³-hybridized carbons (Fsp3) is 0.138. The Balaban J connectivity index is 1.46. The highest BCUT2D eigenvalue weighted by Crippen LogP contribution is 2.37. The molecule has 38 heavy (non-hydrogen) atoms. The lowest BCUT2D eigenvalue weighted by Crippen LogP contribution is -2.23. The van der Waals surface area contributed by atoms with Crippen LogP contribution in [0.4, 0.5) is 10.7 Å². The molecule has 2 amide bonds. The predicted octanol–water partition coefficient (Wildman–Crippen LogP) is 7.54. The second-order valence-electron chi connectivity index (χ2n) is 8.45. The third-order valence-electron chi connectivity index (χ3n) is 5.64. The van der Waals surface area contributed by atoms with E-state index in [4.69, 9.17) is 16.3 Å². The highest BCUT2D eigenvalue weighted by atomic mass is 35.5. The molecule has 1 aromatic heterocycles. The number of nitrogens with one attached hydrogen (secondary N) is 2. The van der Waals surface area contributed by atoms with Gasteiger partial charge in [0.25, 0.3) is 5.91 Å². The molecule has 0 radical (unpaired) electrons. The normalized spacial score (nSPS) is 11.5.